The molecule has 1 aromatic heterocycles. The van der Waals surface area contributed by atoms with E-state index in [4.69, 9.17) is 4.74 Å². The lowest BCUT2D eigenvalue weighted by atomic mass is 10.1. The molecule has 164 valence electrons. The van der Waals surface area contributed by atoms with Crippen LogP contribution >= 0.6 is 11.3 Å². The molecule has 0 unspecified atom stereocenters. The summed E-state index contributed by atoms with van der Waals surface area (Å²) in [6.07, 6.45) is 1.92. The molecule has 0 atom stereocenters. The topological polar surface area (TPSA) is 115 Å². The predicted molar refractivity (Wildman–Crippen MR) is 121 cm³/mol. The van der Waals surface area contributed by atoms with Crippen LogP contribution in [0.1, 0.15) is 18.4 Å². The van der Waals surface area contributed by atoms with Crippen LogP contribution in [0.3, 0.4) is 0 Å². The molecule has 1 aliphatic heterocycles. The third kappa shape index (κ3) is 4.59. The van der Waals surface area contributed by atoms with Crippen LogP contribution < -0.4 is 15.0 Å². The van der Waals surface area contributed by atoms with Gasteiger partial charge < -0.3 is 10.1 Å². The normalized spacial score (nSPS) is 12.8. The Kier molecular flexibility index (Phi) is 6.13. The van der Waals surface area contributed by atoms with Crippen molar-refractivity contribution in [2.75, 3.05) is 23.4 Å². The molecule has 4 rings (SSSR count). The quantitative estimate of drug-likeness (QED) is 0.427. The molecule has 0 fully saturated rings. The van der Waals surface area contributed by atoms with E-state index in [1.54, 1.807) is 23.5 Å². The molecule has 32 heavy (non-hydrogen) atoms. The molecule has 2 heterocycles. The number of non-ortho nitro benzene ring substituents is 1. The van der Waals surface area contributed by atoms with Crippen molar-refractivity contribution in [1.29, 1.82) is 0 Å². The van der Waals surface area contributed by atoms with Crippen LogP contribution in [0.5, 0.6) is 5.75 Å². The van der Waals surface area contributed by atoms with Crippen molar-refractivity contribution in [3.8, 4) is 17.0 Å². The van der Waals surface area contributed by atoms with E-state index < -0.39 is 10.8 Å². The first-order valence-corrected chi connectivity index (χ1v) is 10.9. The Balaban J connectivity index is 1.53. The zero-order chi connectivity index (χ0) is 22.7. The van der Waals surface area contributed by atoms with Crippen molar-refractivity contribution in [2.45, 2.75) is 19.8 Å². The van der Waals surface area contributed by atoms with Crippen molar-refractivity contribution in [2.24, 2.45) is 0 Å². The van der Waals surface area contributed by atoms with Crippen LogP contribution in [0.4, 0.5) is 17.1 Å². The first-order chi connectivity index (χ1) is 15.4. The van der Waals surface area contributed by atoms with E-state index in [0.29, 0.717) is 17.1 Å². The number of nitro groups is 1. The number of aryl methyl sites for hydroxylation is 1. The molecule has 9 nitrogen and oxygen atoms in total. The molecule has 3 aromatic rings. The highest BCUT2D eigenvalue weighted by atomic mass is 32.1. The van der Waals surface area contributed by atoms with Gasteiger partial charge in [-0.2, -0.15) is 0 Å². The second-order valence-corrected chi connectivity index (χ2v) is 8.12. The van der Waals surface area contributed by atoms with E-state index in [1.807, 2.05) is 11.4 Å². The lowest BCUT2D eigenvalue weighted by Gasteiger charge is -2.29. The van der Waals surface area contributed by atoms with E-state index >= 15 is 0 Å². The van der Waals surface area contributed by atoms with Gasteiger partial charge in [-0.05, 0) is 43.2 Å². The summed E-state index contributed by atoms with van der Waals surface area (Å²) >= 11 is 1.59. The number of nitro benzene ring substituents is 1. The first-order valence-electron chi connectivity index (χ1n) is 10.0. The summed E-state index contributed by atoms with van der Waals surface area (Å²) in [5.41, 5.74) is 2.48. The highest BCUT2D eigenvalue weighted by Gasteiger charge is 2.28. The monoisotopic (exact) mass is 452 g/mol. The van der Waals surface area contributed by atoms with Crippen LogP contribution in [0.15, 0.2) is 47.8 Å². The lowest BCUT2D eigenvalue weighted by molar-refractivity contribution is -0.384. The zero-order valence-electron chi connectivity index (χ0n) is 17.2. The molecular weight excluding hydrogens is 432 g/mol. The van der Waals surface area contributed by atoms with Gasteiger partial charge in [0.1, 0.15) is 12.3 Å². The Hall–Kier alpha value is -3.79. The number of amides is 2. The molecule has 2 aromatic carbocycles. The summed E-state index contributed by atoms with van der Waals surface area (Å²) in [7, 11) is 0. The second kappa shape index (κ2) is 9.15. The van der Waals surface area contributed by atoms with Gasteiger partial charge in [-0.3, -0.25) is 24.6 Å². The number of thiazole rings is 1. The summed E-state index contributed by atoms with van der Waals surface area (Å²) in [5.74, 6) is -0.247. The van der Waals surface area contributed by atoms with Crippen LogP contribution in [0, 0.1) is 10.1 Å². The molecule has 0 saturated carbocycles. The molecule has 0 spiro atoms. The smallest absolute Gasteiger partial charge is 0.269 e. The first kappa shape index (κ1) is 21.4. The Morgan fingerprint density at radius 3 is 2.78 bits per heavy atom. The van der Waals surface area contributed by atoms with Crippen LogP contribution in [-0.2, 0) is 16.0 Å². The number of fused-ring (bicyclic) bond motifs is 1. The number of nitrogens with one attached hydrogen (secondary N) is 1. The van der Waals surface area contributed by atoms with Gasteiger partial charge in [0.15, 0.2) is 6.61 Å². The molecule has 10 heteroatoms. The van der Waals surface area contributed by atoms with Gasteiger partial charge >= 0.3 is 0 Å². The lowest BCUT2D eigenvalue weighted by Crippen LogP contribution is -2.43. The van der Waals surface area contributed by atoms with Crippen molar-refractivity contribution < 1.29 is 19.2 Å². The molecule has 0 aliphatic carbocycles. The number of carbonyl (C=O) groups is 2. The van der Waals surface area contributed by atoms with E-state index in [0.717, 1.165) is 29.1 Å². The Morgan fingerprint density at radius 2 is 2.06 bits per heavy atom. The van der Waals surface area contributed by atoms with Gasteiger partial charge in [0.2, 0.25) is 5.91 Å². The highest BCUT2D eigenvalue weighted by Crippen LogP contribution is 2.36. The van der Waals surface area contributed by atoms with Gasteiger partial charge in [0.25, 0.3) is 11.6 Å². The van der Waals surface area contributed by atoms with E-state index in [9.17, 15) is 19.7 Å². The molecule has 0 saturated heterocycles. The van der Waals surface area contributed by atoms with Gasteiger partial charge in [0.05, 0.1) is 21.3 Å². The minimum Gasteiger partial charge on any atom is -0.482 e. The zero-order valence-corrected chi connectivity index (χ0v) is 18.1. The maximum Gasteiger partial charge on any atom is 0.269 e. The number of hydrogen-bond donors (Lipinski definition) is 1. The van der Waals surface area contributed by atoms with Gasteiger partial charge in [-0.25, -0.2) is 4.98 Å². The average Bonchev–Trinajstić information content (AvgIpc) is 3.25. The third-order valence-corrected chi connectivity index (χ3v) is 5.79. The fourth-order valence-electron chi connectivity index (χ4n) is 3.32. The van der Waals surface area contributed by atoms with Gasteiger partial charge in [0, 0.05) is 28.8 Å². The summed E-state index contributed by atoms with van der Waals surface area (Å²) in [6, 6.07) is 11.0. The molecule has 2 amide bonds. The van der Waals surface area contributed by atoms with Crippen molar-refractivity contribution >= 4 is 40.2 Å². The summed E-state index contributed by atoms with van der Waals surface area (Å²) < 4.78 is 5.53. The van der Waals surface area contributed by atoms with E-state index in [-0.39, 0.29) is 24.7 Å². The average molecular weight is 452 g/mol. The number of nitrogens with zero attached hydrogens (tertiary/aromatic N) is 3. The largest absolute Gasteiger partial charge is 0.482 e. The maximum absolute atomic E-state index is 12.6. The summed E-state index contributed by atoms with van der Waals surface area (Å²) in [6.45, 7) is 1.73. The number of rotatable bonds is 7. The second-order valence-electron chi connectivity index (χ2n) is 7.18. The number of benzene rings is 2. The minimum atomic E-state index is -0.514. The maximum atomic E-state index is 12.6. The van der Waals surface area contributed by atoms with Crippen molar-refractivity contribution in [3.05, 3.63) is 63.0 Å². The minimum absolute atomic E-state index is 0.0723. The third-order valence-electron chi connectivity index (χ3n) is 4.88. The number of ether oxygens (including phenoxy) is 1. The molecule has 0 radical (unpaired) electrons. The van der Waals surface area contributed by atoms with Crippen LogP contribution in [-0.4, -0.2) is 34.9 Å². The number of anilines is 2. The molecule has 0 bridgehead atoms. The molecular formula is C22H20N4O5S. The Bertz CT molecular complexity index is 1180. The number of hydrogen-bond acceptors (Lipinski definition) is 7. The number of aromatic nitrogens is 1. The fourth-order valence-corrected chi connectivity index (χ4v) is 4.23. The Labute approximate surface area is 187 Å². The standard InChI is InChI=1S/C22H20N4O5S/c1-2-3-21-24-17(13-32-21)14-4-9-19-18(10-14)25(22(28)12-31-19)11-20(27)23-15-5-7-16(8-6-15)26(29)30/h4-10,13H,2-3,11-12H2,1H3,(H,23,27). The Morgan fingerprint density at radius 1 is 1.28 bits per heavy atom. The van der Waals surface area contributed by atoms with Gasteiger partial charge in [-0.1, -0.05) is 6.92 Å². The predicted octanol–water partition coefficient (Wildman–Crippen LogP) is 4.03. The molecule has 1 aliphatic rings. The van der Waals surface area contributed by atoms with Crippen molar-refractivity contribution in [1.82, 2.24) is 4.98 Å². The molecule has 1 N–H and O–H groups in total. The highest BCUT2D eigenvalue weighted by molar-refractivity contribution is 7.09. The summed E-state index contributed by atoms with van der Waals surface area (Å²) in [5, 5.41) is 16.5. The van der Waals surface area contributed by atoms with Crippen LogP contribution in [0.2, 0.25) is 0 Å². The van der Waals surface area contributed by atoms with E-state index in [2.05, 4.69) is 17.2 Å². The number of carbonyl (C=O) groups excluding carboxylic acids is 2. The van der Waals surface area contributed by atoms with E-state index in [1.165, 1.54) is 29.2 Å². The van der Waals surface area contributed by atoms with Crippen LogP contribution in [0.25, 0.3) is 11.3 Å². The van der Waals surface area contributed by atoms with Gasteiger partial charge in [-0.15, -0.1) is 11.3 Å². The van der Waals surface area contributed by atoms with Crippen molar-refractivity contribution in [3.63, 3.8) is 0 Å². The SMILES string of the molecule is CCCc1nc(-c2ccc3c(c2)N(CC(=O)Nc2ccc([N+](=O)[O-])cc2)C(=O)CO3)cs1. The summed E-state index contributed by atoms with van der Waals surface area (Å²) in [4.78, 5) is 41.4. The fraction of sp³-hybridized carbons (Fsp3) is 0.227.